The van der Waals surface area contributed by atoms with Crippen LogP contribution in [-0.4, -0.2) is 40.4 Å². The quantitative estimate of drug-likeness (QED) is 0.919. The fourth-order valence-electron chi connectivity index (χ4n) is 3.09. The van der Waals surface area contributed by atoms with Gasteiger partial charge in [-0.05, 0) is 44.4 Å². The monoisotopic (exact) mass is 324 g/mol. The maximum absolute atomic E-state index is 12.5. The van der Waals surface area contributed by atoms with Crippen LogP contribution in [0.2, 0.25) is 0 Å². The molecule has 1 amide bonds. The van der Waals surface area contributed by atoms with Crippen LogP contribution in [0.3, 0.4) is 0 Å². The van der Waals surface area contributed by atoms with E-state index in [-0.39, 0.29) is 11.9 Å². The van der Waals surface area contributed by atoms with E-state index in [1.165, 1.54) is 0 Å². The number of nitrogens with one attached hydrogen (secondary N) is 1. The van der Waals surface area contributed by atoms with Gasteiger partial charge in [0, 0.05) is 43.3 Å². The Balaban J connectivity index is 1.45. The smallest absolute Gasteiger partial charge is 0.253 e. The molecule has 1 atom stereocenters. The first kappa shape index (κ1) is 16.6. The van der Waals surface area contributed by atoms with E-state index in [9.17, 15) is 4.79 Å². The van der Waals surface area contributed by atoms with E-state index in [0.717, 1.165) is 43.7 Å². The van der Waals surface area contributed by atoms with E-state index < -0.39 is 0 Å². The van der Waals surface area contributed by atoms with Crippen molar-refractivity contribution in [2.24, 2.45) is 5.92 Å². The van der Waals surface area contributed by atoms with Crippen molar-refractivity contribution in [3.05, 3.63) is 60.2 Å². The second-order valence-electron chi connectivity index (χ2n) is 6.36. The van der Waals surface area contributed by atoms with E-state index in [4.69, 9.17) is 0 Å². The first-order valence-electron chi connectivity index (χ1n) is 8.57. The summed E-state index contributed by atoms with van der Waals surface area (Å²) in [5.74, 6) is 0.749. The Kier molecular flexibility index (Phi) is 5.54. The van der Waals surface area contributed by atoms with E-state index in [1.54, 1.807) is 18.6 Å². The SMILES string of the molecule is CC(NCC1CCN(C(=O)c2ccccc2)CC1)c1cnccn1. The molecule has 0 bridgehead atoms. The molecule has 1 aromatic heterocycles. The zero-order valence-electron chi connectivity index (χ0n) is 14.1. The lowest BCUT2D eigenvalue weighted by molar-refractivity contribution is 0.0689. The molecule has 24 heavy (non-hydrogen) atoms. The molecule has 0 spiro atoms. The van der Waals surface area contributed by atoms with Crippen LogP contribution in [0.4, 0.5) is 0 Å². The van der Waals surface area contributed by atoms with Crippen molar-refractivity contribution in [1.29, 1.82) is 0 Å². The van der Waals surface area contributed by atoms with Gasteiger partial charge in [0.1, 0.15) is 0 Å². The van der Waals surface area contributed by atoms with Gasteiger partial charge in [0.15, 0.2) is 0 Å². The summed E-state index contributed by atoms with van der Waals surface area (Å²) < 4.78 is 0. The summed E-state index contributed by atoms with van der Waals surface area (Å²) in [5, 5.41) is 3.54. The van der Waals surface area contributed by atoms with Crippen LogP contribution in [0.15, 0.2) is 48.9 Å². The number of rotatable bonds is 5. The normalized spacial score (nSPS) is 16.8. The van der Waals surface area contributed by atoms with Gasteiger partial charge in [-0.25, -0.2) is 0 Å². The molecular formula is C19H24N4O. The van der Waals surface area contributed by atoms with Gasteiger partial charge in [0.25, 0.3) is 5.91 Å². The number of hydrogen-bond donors (Lipinski definition) is 1. The molecule has 5 heteroatoms. The molecule has 1 saturated heterocycles. The maximum atomic E-state index is 12.5. The van der Waals surface area contributed by atoms with Crippen molar-refractivity contribution in [3.63, 3.8) is 0 Å². The minimum Gasteiger partial charge on any atom is -0.339 e. The third-order valence-electron chi connectivity index (χ3n) is 4.66. The van der Waals surface area contributed by atoms with Crippen LogP contribution < -0.4 is 5.32 Å². The summed E-state index contributed by atoms with van der Waals surface area (Å²) >= 11 is 0. The van der Waals surface area contributed by atoms with Crippen molar-refractivity contribution in [3.8, 4) is 0 Å². The van der Waals surface area contributed by atoms with Crippen molar-refractivity contribution in [2.75, 3.05) is 19.6 Å². The summed E-state index contributed by atoms with van der Waals surface area (Å²) in [6, 6.07) is 9.74. The summed E-state index contributed by atoms with van der Waals surface area (Å²) in [5.41, 5.74) is 1.75. The molecule has 1 unspecified atom stereocenters. The first-order chi connectivity index (χ1) is 11.7. The topological polar surface area (TPSA) is 58.1 Å². The van der Waals surface area contributed by atoms with Gasteiger partial charge in [-0.2, -0.15) is 0 Å². The van der Waals surface area contributed by atoms with E-state index >= 15 is 0 Å². The number of piperidine rings is 1. The molecule has 1 fully saturated rings. The Morgan fingerprint density at radius 1 is 1.25 bits per heavy atom. The van der Waals surface area contributed by atoms with E-state index in [2.05, 4.69) is 22.2 Å². The van der Waals surface area contributed by atoms with Crippen molar-refractivity contribution in [2.45, 2.75) is 25.8 Å². The van der Waals surface area contributed by atoms with E-state index in [1.807, 2.05) is 35.2 Å². The van der Waals surface area contributed by atoms with Crippen LogP contribution in [0, 0.1) is 5.92 Å². The van der Waals surface area contributed by atoms with Crippen molar-refractivity contribution >= 4 is 5.91 Å². The summed E-state index contributed by atoms with van der Waals surface area (Å²) in [6.07, 6.45) is 7.30. The first-order valence-corrected chi connectivity index (χ1v) is 8.57. The summed E-state index contributed by atoms with van der Waals surface area (Å²) in [7, 11) is 0. The second kappa shape index (κ2) is 8.02. The van der Waals surface area contributed by atoms with Gasteiger partial charge in [-0.1, -0.05) is 18.2 Å². The zero-order chi connectivity index (χ0) is 16.8. The maximum Gasteiger partial charge on any atom is 0.253 e. The van der Waals surface area contributed by atoms with Crippen LogP contribution >= 0.6 is 0 Å². The molecule has 0 saturated carbocycles. The standard InChI is InChI=1S/C19H24N4O/c1-15(18-14-20-9-10-21-18)22-13-16-7-11-23(12-8-16)19(24)17-5-3-2-4-6-17/h2-6,9-10,14-16,22H,7-8,11-13H2,1H3. The molecule has 1 aliphatic heterocycles. The molecule has 1 aromatic carbocycles. The predicted octanol–water partition coefficient (Wildman–Crippen LogP) is 2.68. The highest BCUT2D eigenvalue weighted by Crippen LogP contribution is 2.19. The average molecular weight is 324 g/mol. The highest BCUT2D eigenvalue weighted by Gasteiger charge is 2.23. The lowest BCUT2D eigenvalue weighted by Gasteiger charge is -2.32. The number of aromatic nitrogens is 2. The number of benzene rings is 1. The number of nitrogens with zero attached hydrogens (tertiary/aromatic N) is 3. The minimum atomic E-state index is 0.148. The lowest BCUT2D eigenvalue weighted by atomic mass is 9.96. The Hall–Kier alpha value is -2.27. The van der Waals surface area contributed by atoms with Crippen molar-refractivity contribution in [1.82, 2.24) is 20.2 Å². The largest absolute Gasteiger partial charge is 0.339 e. The second-order valence-corrected chi connectivity index (χ2v) is 6.36. The third kappa shape index (κ3) is 4.17. The highest BCUT2D eigenvalue weighted by atomic mass is 16.2. The third-order valence-corrected chi connectivity index (χ3v) is 4.66. The molecule has 0 aliphatic carbocycles. The number of amides is 1. The van der Waals surface area contributed by atoms with Crippen LogP contribution in [0.25, 0.3) is 0 Å². The predicted molar refractivity (Wildman–Crippen MR) is 93.5 cm³/mol. The molecule has 3 rings (SSSR count). The summed E-state index contributed by atoms with van der Waals surface area (Å²) in [6.45, 7) is 4.72. The molecule has 2 heterocycles. The Morgan fingerprint density at radius 3 is 2.67 bits per heavy atom. The van der Waals surface area contributed by atoms with Crippen LogP contribution in [-0.2, 0) is 0 Å². The van der Waals surface area contributed by atoms with Gasteiger partial charge >= 0.3 is 0 Å². The van der Waals surface area contributed by atoms with E-state index in [0.29, 0.717) is 5.92 Å². The van der Waals surface area contributed by atoms with Gasteiger partial charge in [0.2, 0.25) is 0 Å². The molecular weight excluding hydrogens is 300 g/mol. The van der Waals surface area contributed by atoms with Crippen LogP contribution in [0.5, 0.6) is 0 Å². The van der Waals surface area contributed by atoms with Crippen molar-refractivity contribution < 1.29 is 4.79 Å². The van der Waals surface area contributed by atoms with Gasteiger partial charge in [0.05, 0.1) is 5.69 Å². The lowest BCUT2D eigenvalue weighted by Crippen LogP contribution is -2.41. The fraction of sp³-hybridized carbons (Fsp3) is 0.421. The Bertz CT molecular complexity index is 639. The van der Waals surface area contributed by atoms with Gasteiger partial charge in [-0.15, -0.1) is 0 Å². The number of hydrogen-bond acceptors (Lipinski definition) is 4. The molecule has 1 aliphatic rings. The molecule has 0 radical (unpaired) electrons. The molecule has 5 nitrogen and oxygen atoms in total. The highest BCUT2D eigenvalue weighted by molar-refractivity contribution is 5.94. The van der Waals surface area contributed by atoms with Crippen LogP contribution in [0.1, 0.15) is 41.9 Å². The number of likely N-dealkylation sites (tertiary alicyclic amines) is 1. The molecule has 126 valence electrons. The van der Waals surface area contributed by atoms with Gasteiger partial charge < -0.3 is 10.2 Å². The number of carbonyl (C=O) groups excluding carboxylic acids is 1. The summed E-state index contributed by atoms with van der Waals surface area (Å²) in [4.78, 5) is 22.9. The Morgan fingerprint density at radius 2 is 2.00 bits per heavy atom. The fourth-order valence-corrected chi connectivity index (χ4v) is 3.09. The minimum absolute atomic E-state index is 0.148. The Labute approximate surface area is 143 Å². The average Bonchev–Trinajstić information content (AvgIpc) is 2.67. The van der Waals surface area contributed by atoms with Gasteiger partial charge in [-0.3, -0.25) is 14.8 Å². The zero-order valence-corrected chi connectivity index (χ0v) is 14.1. The molecule has 2 aromatic rings. The molecule has 1 N–H and O–H groups in total. The number of carbonyl (C=O) groups is 1.